The summed E-state index contributed by atoms with van der Waals surface area (Å²) >= 11 is 0. The van der Waals surface area contributed by atoms with Gasteiger partial charge >= 0.3 is 11.9 Å². The van der Waals surface area contributed by atoms with Crippen LogP contribution in [-0.2, 0) is 32.7 Å². The highest BCUT2D eigenvalue weighted by atomic mass is 31.2. The highest BCUT2D eigenvalue weighted by molar-refractivity contribution is 7.45. The van der Waals surface area contributed by atoms with Gasteiger partial charge in [-0.05, 0) is 12.8 Å². The van der Waals surface area contributed by atoms with Crippen LogP contribution >= 0.6 is 7.82 Å². The molecular weight excluding hydrogens is 750 g/mol. The lowest BCUT2D eigenvalue weighted by molar-refractivity contribution is -0.870. The number of hydrogen-bond donors (Lipinski definition) is 0. The first kappa shape index (κ1) is 57.0. The van der Waals surface area contributed by atoms with Crippen molar-refractivity contribution in [3.63, 3.8) is 0 Å². The van der Waals surface area contributed by atoms with Gasteiger partial charge in [-0.2, -0.15) is 0 Å². The van der Waals surface area contributed by atoms with Crippen LogP contribution in [0.15, 0.2) is 0 Å². The summed E-state index contributed by atoms with van der Waals surface area (Å²) in [7, 11) is 1.19. The van der Waals surface area contributed by atoms with E-state index in [4.69, 9.17) is 18.5 Å². The minimum atomic E-state index is -4.62. The number of quaternary nitrogens is 1. The second-order valence-corrected chi connectivity index (χ2v) is 19.6. The molecule has 0 aliphatic carbocycles. The number of hydrogen-bond acceptors (Lipinski definition) is 8. The van der Waals surface area contributed by atoms with E-state index in [0.717, 1.165) is 32.1 Å². The Hall–Kier alpha value is -0.990. The molecule has 0 heterocycles. The zero-order valence-electron chi connectivity index (χ0n) is 39.0. The lowest BCUT2D eigenvalue weighted by Crippen LogP contribution is -2.37. The fourth-order valence-corrected chi connectivity index (χ4v) is 7.97. The third kappa shape index (κ3) is 44.6. The summed E-state index contributed by atoms with van der Waals surface area (Å²) in [6.07, 6.45) is 42.7. The minimum absolute atomic E-state index is 0.0254. The first-order chi connectivity index (χ1) is 28.0. The van der Waals surface area contributed by atoms with Gasteiger partial charge < -0.3 is 27.9 Å². The molecule has 9 nitrogen and oxygen atoms in total. The van der Waals surface area contributed by atoms with E-state index in [1.54, 1.807) is 0 Å². The molecule has 0 saturated carbocycles. The number of likely N-dealkylation sites (N-methyl/N-ethyl adjacent to an activating group) is 1. The molecular formula is C48H96NO8P. The standard InChI is InChI=1S/C48H96NO8P/c1-6-8-10-12-14-16-18-20-22-23-24-25-27-29-31-33-35-37-39-41-48(51)57-46(45-56-58(52,53)55-43-42-49(3,4)5)44-54-47(50)40-38-36-34-32-30-28-26-21-19-17-15-13-11-9-7-2/h46H,6-45H2,1-5H3. The maximum atomic E-state index is 12.7. The van der Waals surface area contributed by atoms with Crippen molar-refractivity contribution in [3.05, 3.63) is 0 Å². The quantitative estimate of drug-likeness (QED) is 0.0258. The minimum Gasteiger partial charge on any atom is -0.756 e. The molecule has 2 atom stereocenters. The lowest BCUT2D eigenvalue weighted by atomic mass is 10.0. The Morgan fingerprint density at radius 2 is 0.776 bits per heavy atom. The van der Waals surface area contributed by atoms with E-state index in [-0.39, 0.29) is 32.0 Å². The van der Waals surface area contributed by atoms with Gasteiger partial charge in [0.2, 0.25) is 0 Å². The fraction of sp³-hybridized carbons (Fsp3) is 0.958. The highest BCUT2D eigenvalue weighted by Crippen LogP contribution is 2.38. The molecule has 0 fully saturated rings. The summed E-state index contributed by atoms with van der Waals surface area (Å²) < 4.78 is 34.0. The Labute approximate surface area is 359 Å². The molecule has 2 unspecified atom stereocenters. The average molecular weight is 846 g/mol. The molecule has 346 valence electrons. The number of unbranched alkanes of at least 4 members (excludes halogenated alkanes) is 32. The Bertz CT molecular complexity index is 958. The SMILES string of the molecule is CCCCCCCCCCCCCCCCCCCCCC(=O)OC(COC(=O)CCCCCCCCCCCCCCCCC)COP(=O)([O-])OCC[N+](C)(C)C. The van der Waals surface area contributed by atoms with E-state index in [2.05, 4.69) is 13.8 Å². The van der Waals surface area contributed by atoms with Crippen molar-refractivity contribution < 1.29 is 42.1 Å². The molecule has 58 heavy (non-hydrogen) atoms. The average Bonchev–Trinajstić information content (AvgIpc) is 3.17. The Balaban J connectivity index is 4.22. The monoisotopic (exact) mass is 846 g/mol. The summed E-state index contributed by atoms with van der Waals surface area (Å²) in [5.74, 6) is -0.815. The molecule has 0 aliphatic heterocycles. The summed E-state index contributed by atoms with van der Waals surface area (Å²) in [5, 5.41) is 0. The molecule has 0 saturated heterocycles. The summed E-state index contributed by atoms with van der Waals surface area (Å²) in [4.78, 5) is 37.6. The number of rotatable bonds is 46. The maximum absolute atomic E-state index is 12.7. The van der Waals surface area contributed by atoms with E-state index in [1.165, 1.54) is 180 Å². The molecule has 0 bridgehead atoms. The lowest BCUT2D eigenvalue weighted by Gasteiger charge is -2.28. The number of carbonyl (C=O) groups excluding carboxylic acids is 2. The topological polar surface area (TPSA) is 111 Å². The molecule has 0 aromatic carbocycles. The van der Waals surface area contributed by atoms with Gasteiger partial charge in [-0.25, -0.2) is 0 Å². The zero-order chi connectivity index (χ0) is 42.8. The Kier molecular flexibility index (Phi) is 40.7. The Morgan fingerprint density at radius 3 is 1.10 bits per heavy atom. The summed E-state index contributed by atoms with van der Waals surface area (Å²) in [6, 6.07) is 0. The van der Waals surface area contributed by atoms with E-state index in [0.29, 0.717) is 17.4 Å². The number of phosphoric acid groups is 1. The number of esters is 2. The van der Waals surface area contributed by atoms with Gasteiger partial charge in [0.15, 0.2) is 6.10 Å². The fourth-order valence-electron chi connectivity index (χ4n) is 7.25. The Morgan fingerprint density at radius 1 is 0.466 bits per heavy atom. The highest BCUT2D eigenvalue weighted by Gasteiger charge is 2.21. The summed E-state index contributed by atoms with van der Waals surface area (Å²) in [6.45, 7) is 4.28. The van der Waals surface area contributed by atoms with Gasteiger partial charge in [-0.15, -0.1) is 0 Å². The van der Waals surface area contributed by atoms with E-state index in [1.807, 2.05) is 21.1 Å². The van der Waals surface area contributed by atoms with Crippen LogP contribution in [0, 0.1) is 0 Å². The van der Waals surface area contributed by atoms with Crippen LogP contribution in [0.4, 0.5) is 0 Å². The van der Waals surface area contributed by atoms with Gasteiger partial charge in [0.1, 0.15) is 19.8 Å². The van der Waals surface area contributed by atoms with Crippen LogP contribution in [0.3, 0.4) is 0 Å². The number of carbonyl (C=O) groups is 2. The largest absolute Gasteiger partial charge is 0.756 e. The molecule has 10 heteroatoms. The van der Waals surface area contributed by atoms with Crippen LogP contribution in [0.2, 0.25) is 0 Å². The molecule has 0 spiro atoms. The molecule has 0 amide bonds. The van der Waals surface area contributed by atoms with Crippen LogP contribution < -0.4 is 4.89 Å². The molecule has 0 radical (unpaired) electrons. The number of phosphoric ester groups is 1. The predicted octanol–water partition coefficient (Wildman–Crippen LogP) is 13.7. The van der Waals surface area contributed by atoms with Crippen molar-refractivity contribution in [2.45, 2.75) is 251 Å². The van der Waals surface area contributed by atoms with Crippen LogP contribution in [0.5, 0.6) is 0 Å². The van der Waals surface area contributed by atoms with Crippen molar-refractivity contribution in [2.24, 2.45) is 0 Å². The van der Waals surface area contributed by atoms with Crippen molar-refractivity contribution >= 4 is 19.8 Å². The number of ether oxygens (including phenoxy) is 2. The first-order valence-electron chi connectivity index (χ1n) is 24.7. The third-order valence-corrected chi connectivity index (χ3v) is 12.1. The second kappa shape index (κ2) is 41.4. The normalized spacial score (nSPS) is 13.4. The van der Waals surface area contributed by atoms with Gasteiger partial charge in [0.25, 0.3) is 7.82 Å². The first-order valence-corrected chi connectivity index (χ1v) is 26.2. The second-order valence-electron chi connectivity index (χ2n) is 18.2. The molecule has 0 rings (SSSR count). The predicted molar refractivity (Wildman–Crippen MR) is 241 cm³/mol. The van der Waals surface area contributed by atoms with E-state index in [9.17, 15) is 19.0 Å². The zero-order valence-corrected chi connectivity index (χ0v) is 39.9. The van der Waals surface area contributed by atoms with Gasteiger partial charge in [-0.3, -0.25) is 14.2 Å². The molecule has 0 aromatic rings. The van der Waals surface area contributed by atoms with Crippen molar-refractivity contribution in [3.8, 4) is 0 Å². The van der Waals surface area contributed by atoms with Gasteiger partial charge in [-0.1, -0.05) is 219 Å². The molecule has 0 aromatic heterocycles. The third-order valence-electron chi connectivity index (χ3n) is 11.1. The van der Waals surface area contributed by atoms with Crippen LogP contribution in [-0.4, -0.2) is 70.0 Å². The number of nitrogens with zero attached hydrogens (tertiary/aromatic N) is 1. The van der Waals surface area contributed by atoms with Crippen molar-refractivity contribution in [2.75, 3.05) is 47.5 Å². The van der Waals surface area contributed by atoms with Crippen molar-refractivity contribution in [1.29, 1.82) is 0 Å². The van der Waals surface area contributed by atoms with Crippen LogP contribution in [0.1, 0.15) is 245 Å². The van der Waals surface area contributed by atoms with Crippen molar-refractivity contribution in [1.82, 2.24) is 0 Å². The van der Waals surface area contributed by atoms with E-state index >= 15 is 0 Å². The molecule has 0 N–H and O–H groups in total. The smallest absolute Gasteiger partial charge is 0.306 e. The summed E-state index contributed by atoms with van der Waals surface area (Å²) in [5.41, 5.74) is 0. The van der Waals surface area contributed by atoms with E-state index < -0.39 is 26.5 Å². The maximum Gasteiger partial charge on any atom is 0.306 e. The van der Waals surface area contributed by atoms with Gasteiger partial charge in [0.05, 0.1) is 27.7 Å². The molecule has 0 aliphatic rings. The van der Waals surface area contributed by atoms with Crippen LogP contribution in [0.25, 0.3) is 0 Å². The van der Waals surface area contributed by atoms with Gasteiger partial charge in [0, 0.05) is 12.8 Å².